The average molecular weight is 253 g/mol. The Bertz CT molecular complexity index is 548. The Morgan fingerprint density at radius 3 is 2.76 bits per heavy atom. The van der Waals surface area contributed by atoms with Gasteiger partial charge in [-0.15, -0.1) is 0 Å². The van der Waals surface area contributed by atoms with E-state index in [9.17, 15) is 14.9 Å². The summed E-state index contributed by atoms with van der Waals surface area (Å²) in [4.78, 5) is 22.8. The topological polar surface area (TPSA) is 100 Å². The Balaban J connectivity index is 2.28. The van der Waals surface area contributed by atoms with Crippen LogP contribution < -0.4 is 0 Å². The maximum absolute atomic E-state index is 11.6. The van der Waals surface area contributed by atoms with Crippen LogP contribution in [0.15, 0.2) is 21.5 Å². The lowest BCUT2D eigenvalue weighted by Crippen LogP contribution is -2.22. The fraction of sp³-hybridized carbons (Fsp3) is 0.111. The summed E-state index contributed by atoms with van der Waals surface area (Å²) >= 11 is 0.985. The molecule has 2 rings (SSSR count). The van der Waals surface area contributed by atoms with Gasteiger partial charge in [0, 0.05) is 13.1 Å². The maximum atomic E-state index is 11.6. The minimum Gasteiger partial charge on any atom is -0.401 e. The van der Waals surface area contributed by atoms with Gasteiger partial charge in [-0.3, -0.25) is 25.2 Å². The normalized spacial score (nSPS) is 18.2. The average Bonchev–Trinajstić information content (AvgIpc) is 2.82. The van der Waals surface area contributed by atoms with Crippen LogP contribution in [-0.4, -0.2) is 27.9 Å². The van der Waals surface area contributed by atoms with Crippen LogP contribution in [0.25, 0.3) is 6.08 Å². The molecule has 0 bridgehead atoms. The minimum atomic E-state index is -0.653. The first-order valence-corrected chi connectivity index (χ1v) is 5.31. The third-order valence-electron chi connectivity index (χ3n) is 2.09. The molecule has 7 nitrogen and oxygen atoms in total. The summed E-state index contributed by atoms with van der Waals surface area (Å²) in [6.45, 7) is 0. The highest BCUT2D eigenvalue weighted by Gasteiger charge is 2.29. The molecule has 0 unspecified atom stereocenters. The van der Waals surface area contributed by atoms with Crippen molar-refractivity contribution in [1.82, 2.24) is 4.90 Å². The number of nitrogens with one attached hydrogen (secondary N) is 1. The van der Waals surface area contributed by atoms with Gasteiger partial charge in [-0.1, -0.05) is 0 Å². The molecule has 1 aromatic rings. The largest absolute Gasteiger partial charge is 0.433 e. The number of carbonyl (C=O) groups is 1. The zero-order chi connectivity index (χ0) is 12.6. The van der Waals surface area contributed by atoms with Gasteiger partial charge in [0.25, 0.3) is 5.91 Å². The van der Waals surface area contributed by atoms with Crippen LogP contribution >= 0.6 is 11.8 Å². The smallest absolute Gasteiger partial charge is 0.401 e. The fourth-order valence-electron chi connectivity index (χ4n) is 1.21. The van der Waals surface area contributed by atoms with E-state index in [1.54, 1.807) is 0 Å². The fourth-order valence-corrected chi connectivity index (χ4v) is 2.04. The molecule has 17 heavy (non-hydrogen) atoms. The lowest BCUT2D eigenvalue weighted by atomic mass is 10.3. The maximum Gasteiger partial charge on any atom is 0.433 e. The van der Waals surface area contributed by atoms with E-state index in [2.05, 4.69) is 0 Å². The van der Waals surface area contributed by atoms with Gasteiger partial charge >= 0.3 is 5.88 Å². The number of hydrogen-bond donors (Lipinski definition) is 1. The molecule has 1 N–H and O–H groups in total. The van der Waals surface area contributed by atoms with Crippen LogP contribution in [0.2, 0.25) is 0 Å². The molecule has 1 fully saturated rings. The summed E-state index contributed by atoms with van der Waals surface area (Å²) in [5.41, 5.74) is 0. The predicted octanol–water partition coefficient (Wildman–Crippen LogP) is 1.67. The second-order valence-electron chi connectivity index (χ2n) is 3.21. The highest BCUT2D eigenvalue weighted by Crippen LogP contribution is 2.31. The number of likely N-dealkylation sites (N-methyl/N-ethyl adjacent to an activating group) is 1. The van der Waals surface area contributed by atoms with Gasteiger partial charge in [0.15, 0.2) is 5.17 Å². The molecule has 0 saturated carbocycles. The van der Waals surface area contributed by atoms with Crippen LogP contribution in [-0.2, 0) is 4.79 Å². The van der Waals surface area contributed by atoms with Crippen LogP contribution in [0.5, 0.6) is 0 Å². The molecule has 2 heterocycles. The van der Waals surface area contributed by atoms with Gasteiger partial charge in [0.05, 0.1) is 11.0 Å². The molecule has 0 spiro atoms. The third-order valence-corrected chi connectivity index (χ3v) is 3.07. The first-order chi connectivity index (χ1) is 7.99. The minimum absolute atomic E-state index is 0.113. The molecule has 0 atom stereocenters. The molecular weight excluding hydrogens is 246 g/mol. The van der Waals surface area contributed by atoms with Crippen molar-refractivity contribution in [3.63, 3.8) is 0 Å². The number of rotatable bonds is 2. The van der Waals surface area contributed by atoms with Crippen LogP contribution in [0, 0.1) is 15.5 Å². The SMILES string of the molecule is CN1C(=N)S/C(=C/c2ccc([N+](=O)[O-])o2)C1=O. The molecular formula is C9H7N3O4S. The monoisotopic (exact) mass is 253 g/mol. The van der Waals surface area contributed by atoms with Crippen molar-refractivity contribution in [2.75, 3.05) is 7.05 Å². The highest BCUT2D eigenvalue weighted by atomic mass is 32.2. The van der Waals surface area contributed by atoms with E-state index in [1.807, 2.05) is 0 Å². The van der Waals surface area contributed by atoms with E-state index in [0.29, 0.717) is 4.91 Å². The van der Waals surface area contributed by atoms with E-state index in [0.717, 1.165) is 11.8 Å². The van der Waals surface area contributed by atoms with E-state index >= 15 is 0 Å². The van der Waals surface area contributed by atoms with Crippen molar-refractivity contribution in [1.29, 1.82) is 5.41 Å². The van der Waals surface area contributed by atoms with Crippen molar-refractivity contribution in [2.45, 2.75) is 0 Å². The van der Waals surface area contributed by atoms with Gasteiger partial charge in [0.2, 0.25) is 0 Å². The van der Waals surface area contributed by atoms with Gasteiger partial charge in [-0.2, -0.15) is 0 Å². The van der Waals surface area contributed by atoms with Crippen molar-refractivity contribution >= 4 is 34.8 Å². The Morgan fingerprint density at radius 1 is 1.59 bits per heavy atom. The predicted molar refractivity (Wildman–Crippen MR) is 61.4 cm³/mol. The first kappa shape index (κ1) is 11.4. The van der Waals surface area contributed by atoms with Crippen LogP contribution in [0.1, 0.15) is 5.76 Å². The molecule has 8 heteroatoms. The molecule has 0 radical (unpaired) electrons. The molecule has 1 aliphatic heterocycles. The van der Waals surface area contributed by atoms with Crippen molar-refractivity contribution in [3.05, 3.63) is 32.9 Å². The summed E-state index contributed by atoms with van der Waals surface area (Å²) in [6.07, 6.45) is 1.39. The second-order valence-corrected chi connectivity index (χ2v) is 4.24. The van der Waals surface area contributed by atoms with Gasteiger partial charge in [-0.25, -0.2) is 0 Å². The number of thioether (sulfide) groups is 1. The number of amides is 1. The van der Waals surface area contributed by atoms with Crippen molar-refractivity contribution < 1.29 is 14.1 Å². The summed E-state index contributed by atoms with van der Waals surface area (Å²) in [7, 11) is 1.49. The second kappa shape index (κ2) is 4.06. The zero-order valence-electron chi connectivity index (χ0n) is 8.67. The Hall–Kier alpha value is -2.09. The molecule has 0 aromatic carbocycles. The number of nitro groups is 1. The number of amidine groups is 1. The van der Waals surface area contributed by atoms with Crippen molar-refractivity contribution in [2.24, 2.45) is 0 Å². The van der Waals surface area contributed by atoms with Gasteiger partial charge < -0.3 is 4.42 Å². The van der Waals surface area contributed by atoms with Crippen LogP contribution in [0.3, 0.4) is 0 Å². The lowest BCUT2D eigenvalue weighted by molar-refractivity contribution is -0.402. The van der Waals surface area contributed by atoms with Crippen LogP contribution in [0.4, 0.5) is 5.88 Å². The summed E-state index contributed by atoms with van der Waals surface area (Å²) in [6, 6.07) is 2.62. The highest BCUT2D eigenvalue weighted by molar-refractivity contribution is 8.18. The molecule has 1 saturated heterocycles. The Kier molecular flexibility index (Phi) is 2.72. The number of nitrogens with zero attached hydrogens (tertiary/aromatic N) is 2. The Labute approximate surface area is 99.7 Å². The molecule has 1 aromatic heterocycles. The molecule has 1 amide bonds. The summed E-state index contributed by atoms with van der Waals surface area (Å²) in [5.74, 6) is -0.481. The van der Waals surface area contributed by atoms with Gasteiger partial charge in [0.1, 0.15) is 10.7 Å². The Morgan fingerprint density at radius 2 is 2.29 bits per heavy atom. The lowest BCUT2D eigenvalue weighted by Gasteiger charge is -2.03. The van der Waals surface area contributed by atoms with E-state index in [-0.39, 0.29) is 22.7 Å². The molecule has 0 aliphatic carbocycles. The van der Waals surface area contributed by atoms with E-state index < -0.39 is 4.92 Å². The van der Waals surface area contributed by atoms with E-state index in [4.69, 9.17) is 9.83 Å². The number of carbonyl (C=O) groups excluding carboxylic acids is 1. The number of hydrogen-bond acceptors (Lipinski definition) is 6. The third kappa shape index (κ3) is 2.07. The van der Waals surface area contributed by atoms with Crippen molar-refractivity contribution in [3.8, 4) is 0 Å². The summed E-state index contributed by atoms with van der Waals surface area (Å²) < 4.78 is 4.90. The van der Waals surface area contributed by atoms with Gasteiger partial charge in [-0.05, 0) is 17.8 Å². The molecule has 1 aliphatic rings. The zero-order valence-corrected chi connectivity index (χ0v) is 9.48. The quantitative estimate of drug-likeness (QED) is 0.490. The molecule has 88 valence electrons. The summed E-state index contributed by atoms with van der Waals surface area (Å²) in [5, 5.41) is 18.0. The standard InChI is InChI=1S/C9H7N3O4S/c1-11-8(13)6(17-9(11)10)4-5-2-3-7(16-5)12(14)15/h2-4,10H,1H3/b6-4+,10-9?. The van der Waals surface area contributed by atoms with E-state index in [1.165, 1.54) is 30.2 Å². The number of furan rings is 1. The first-order valence-electron chi connectivity index (χ1n) is 4.49.